The molecule has 0 amide bonds. The second-order valence-corrected chi connectivity index (χ2v) is 6.77. The van der Waals surface area contributed by atoms with E-state index in [1.165, 1.54) is 29.7 Å². The molecule has 1 fully saturated rings. The SMILES string of the molecule is CCc1cn[nH]c1C1CCCN(Cc2cc(OC)c3c(c2)OCO3)C1. The van der Waals surface area contributed by atoms with E-state index in [1.807, 2.05) is 6.20 Å². The summed E-state index contributed by atoms with van der Waals surface area (Å²) >= 11 is 0. The fraction of sp³-hybridized carbons (Fsp3) is 0.526. The molecule has 134 valence electrons. The van der Waals surface area contributed by atoms with Crippen LogP contribution < -0.4 is 14.2 Å². The third-order valence-corrected chi connectivity index (χ3v) is 5.17. The number of piperidine rings is 1. The Kier molecular flexibility index (Phi) is 4.53. The van der Waals surface area contributed by atoms with Crippen LogP contribution in [-0.4, -0.2) is 42.1 Å². The van der Waals surface area contributed by atoms with Gasteiger partial charge in [-0.2, -0.15) is 5.10 Å². The summed E-state index contributed by atoms with van der Waals surface area (Å²) in [5, 5.41) is 7.48. The predicted octanol–water partition coefficient (Wildman–Crippen LogP) is 3.09. The second kappa shape index (κ2) is 6.96. The number of H-pyrrole nitrogens is 1. The van der Waals surface area contributed by atoms with Crippen molar-refractivity contribution in [2.45, 2.75) is 38.6 Å². The minimum absolute atomic E-state index is 0.264. The maximum atomic E-state index is 5.55. The van der Waals surface area contributed by atoms with E-state index >= 15 is 0 Å². The van der Waals surface area contributed by atoms with Crippen LogP contribution in [0.5, 0.6) is 17.2 Å². The summed E-state index contributed by atoms with van der Waals surface area (Å²) in [6.07, 6.45) is 5.42. The Bertz CT molecular complexity index is 744. The highest BCUT2D eigenvalue weighted by Crippen LogP contribution is 2.42. The van der Waals surface area contributed by atoms with Gasteiger partial charge in [0.2, 0.25) is 12.5 Å². The van der Waals surface area contributed by atoms with Gasteiger partial charge in [0.25, 0.3) is 0 Å². The first-order valence-electron chi connectivity index (χ1n) is 8.99. The van der Waals surface area contributed by atoms with Gasteiger partial charge in [0, 0.05) is 24.7 Å². The van der Waals surface area contributed by atoms with Crippen LogP contribution in [0, 0.1) is 0 Å². The molecule has 0 aliphatic carbocycles. The smallest absolute Gasteiger partial charge is 0.231 e. The van der Waals surface area contributed by atoms with Crippen LogP contribution in [0.4, 0.5) is 0 Å². The largest absolute Gasteiger partial charge is 0.493 e. The third-order valence-electron chi connectivity index (χ3n) is 5.17. The summed E-state index contributed by atoms with van der Waals surface area (Å²) in [5.41, 5.74) is 3.86. The lowest BCUT2D eigenvalue weighted by molar-refractivity contribution is 0.171. The van der Waals surface area contributed by atoms with Crippen LogP contribution in [0.1, 0.15) is 42.5 Å². The zero-order valence-corrected chi connectivity index (χ0v) is 14.9. The Labute approximate surface area is 148 Å². The molecule has 1 unspecified atom stereocenters. The molecule has 0 radical (unpaired) electrons. The van der Waals surface area contributed by atoms with Gasteiger partial charge in [-0.05, 0) is 49.1 Å². The van der Waals surface area contributed by atoms with Gasteiger partial charge >= 0.3 is 0 Å². The number of benzene rings is 1. The standard InChI is InChI=1S/C19H25N3O3/c1-3-14-9-20-21-18(14)15-5-4-6-22(11-15)10-13-7-16(23-2)19-17(8-13)24-12-25-19/h7-9,15H,3-6,10-12H2,1-2H3,(H,20,21). The number of aromatic amines is 1. The van der Waals surface area contributed by atoms with Crippen molar-refractivity contribution in [3.63, 3.8) is 0 Å². The van der Waals surface area contributed by atoms with Gasteiger partial charge in [-0.15, -0.1) is 0 Å². The zero-order valence-electron chi connectivity index (χ0n) is 14.9. The molecule has 25 heavy (non-hydrogen) atoms. The van der Waals surface area contributed by atoms with E-state index in [0.29, 0.717) is 11.7 Å². The van der Waals surface area contributed by atoms with Crippen molar-refractivity contribution in [3.05, 3.63) is 35.2 Å². The molecule has 1 saturated heterocycles. The Balaban J connectivity index is 1.49. The fourth-order valence-corrected chi connectivity index (χ4v) is 3.92. The van der Waals surface area contributed by atoms with Crippen LogP contribution in [-0.2, 0) is 13.0 Å². The predicted molar refractivity (Wildman–Crippen MR) is 94.3 cm³/mol. The molecule has 0 spiro atoms. The lowest BCUT2D eigenvalue weighted by atomic mass is 9.91. The first-order chi connectivity index (χ1) is 12.3. The lowest BCUT2D eigenvalue weighted by Gasteiger charge is -2.32. The summed E-state index contributed by atoms with van der Waals surface area (Å²) in [6.45, 7) is 5.50. The number of likely N-dealkylation sites (tertiary alicyclic amines) is 1. The summed E-state index contributed by atoms with van der Waals surface area (Å²) in [7, 11) is 1.67. The third kappa shape index (κ3) is 3.18. The monoisotopic (exact) mass is 343 g/mol. The summed E-state index contributed by atoms with van der Waals surface area (Å²) in [6, 6.07) is 4.13. The van der Waals surface area contributed by atoms with E-state index in [2.05, 4.69) is 34.2 Å². The molecule has 6 nitrogen and oxygen atoms in total. The fourth-order valence-electron chi connectivity index (χ4n) is 3.92. The van der Waals surface area contributed by atoms with Crippen molar-refractivity contribution in [3.8, 4) is 17.2 Å². The minimum atomic E-state index is 0.264. The van der Waals surface area contributed by atoms with E-state index in [0.717, 1.165) is 37.6 Å². The number of hydrogen-bond acceptors (Lipinski definition) is 5. The van der Waals surface area contributed by atoms with Crippen LogP contribution in [0.25, 0.3) is 0 Å². The molecule has 1 aromatic heterocycles. The quantitative estimate of drug-likeness (QED) is 0.904. The molecule has 1 atom stereocenters. The van der Waals surface area contributed by atoms with E-state index in [1.54, 1.807) is 7.11 Å². The number of rotatable bonds is 5. The van der Waals surface area contributed by atoms with Crippen molar-refractivity contribution in [1.82, 2.24) is 15.1 Å². The van der Waals surface area contributed by atoms with Crippen LogP contribution in [0.15, 0.2) is 18.3 Å². The highest BCUT2D eigenvalue weighted by molar-refractivity contribution is 5.55. The molecule has 2 aromatic rings. The minimum Gasteiger partial charge on any atom is -0.493 e. The Morgan fingerprint density at radius 1 is 1.36 bits per heavy atom. The Morgan fingerprint density at radius 3 is 3.12 bits per heavy atom. The van der Waals surface area contributed by atoms with Crippen molar-refractivity contribution in [2.24, 2.45) is 0 Å². The molecule has 2 aliphatic rings. The molecular weight excluding hydrogens is 318 g/mol. The van der Waals surface area contributed by atoms with Gasteiger partial charge in [0.05, 0.1) is 13.3 Å². The van der Waals surface area contributed by atoms with Crippen LogP contribution in [0.3, 0.4) is 0 Å². The summed E-state index contributed by atoms with van der Waals surface area (Å²) < 4.78 is 16.5. The molecule has 0 saturated carbocycles. The van der Waals surface area contributed by atoms with Crippen molar-refractivity contribution >= 4 is 0 Å². The molecule has 6 heteroatoms. The van der Waals surface area contributed by atoms with E-state index in [4.69, 9.17) is 14.2 Å². The van der Waals surface area contributed by atoms with E-state index in [9.17, 15) is 0 Å². The van der Waals surface area contributed by atoms with Gasteiger partial charge in [0.15, 0.2) is 11.5 Å². The number of aromatic nitrogens is 2. The number of fused-ring (bicyclic) bond motifs is 1. The second-order valence-electron chi connectivity index (χ2n) is 6.77. The molecular formula is C19H25N3O3. The van der Waals surface area contributed by atoms with Gasteiger partial charge in [-0.1, -0.05) is 6.92 Å². The average Bonchev–Trinajstić information content (AvgIpc) is 3.30. The molecule has 0 bridgehead atoms. The highest BCUT2D eigenvalue weighted by atomic mass is 16.7. The average molecular weight is 343 g/mol. The molecule has 3 heterocycles. The Hall–Kier alpha value is -2.21. The topological polar surface area (TPSA) is 59.6 Å². The Morgan fingerprint density at radius 2 is 2.28 bits per heavy atom. The van der Waals surface area contributed by atoms with Crippen molar-refractivity contribution in [1.29, 1.82) is 0 Å². The van der Waals surface area contributed by atoms with Gasteiger partial charge < -0.3 is 14.2 Å². The van der Waals surface area contributed by atoms with Gasteiger partial charge in [-0.25, -0.2) is 0 Å². The van der Waals surface area contributed by atoms with E-state index < -0.39 is 0 Å². The number of nitrogens with one attached hydrogen (secondary N) is 1. The van der Waals surface area contributed by atoms with Crippen molar-refractivity contribution in [2.75, 3.05) is 27.0 Å². The number of methoxy groups -OCH3 is 1. The summed E-state index contributed by atoms with van der Waals surface area (Å²) in [5.74, 6) is 2.78. The molecule has 1 N–H and O–H groups in total. The number of hydrogen-bond donors (Lipinski definition) is 1. The van der Waals surface area contributed by atoms with Gasteiger partial charge in [-0.3, -0.25) is 10.00 Å². The molecule has 1 aromatic carbocycles. The normalized spacial score (nSPS) is 20.0. The maximum Gasteiger partial charge on any atom is 0.231 e. The number of ether oxygens (including phenoxy) is 3. The first kappa shape index (κ1) is 16.3. The van der Waals surface area contributed by atoms with Crippen molar-refractivity contribution < 1.29 is 14.2 Å². The first-order valence-corrected chi connectivity index (χ1v) is 8.99. The number of aryl methyl sites for hydroxylation is 1. The number of nitrogens with zero attached hydrogens (tertiary/aromatic N) is 2. The lowest BCUT2D eigenvalue weighted by Crippen LogP contribution is -2.34. The molecule has 4 rings (SSSR count). The van der Waals surface area contributed by atoms with E-state index in [-0.39, 0.29) is 6.79 Å². The van der Waals surface area contributed by atoms with Crippen LogP contribution >= 0.6 is 0 Å². The zero-order chi connectivity index (χ0) is 17.2. The molecule has 2 aliphatic heterocycles. The maximum absolute atomic E-state index is 5.55. The van der Waals surface area contributed by atoms with Crippen LogP contribution in [0.2, 0.25) is 0 Å². The van der Waals surface area contributed by atoms with Gasteiger partial charge in [0.1, 0.15) is 0 Å². The highest BCUT2D eigenvalue weighted by Gasteiger charge is 2.26. The summed E-state index contributed by atoms with van der Waals surface area (Å²) in [4.78, 5) is 2.51.